The number of rotatable bonds is 4. The van der Waals surface area contributed by atoms with E-state index in [-0.39, 0.29) is 11.3 Å². The molecule has 0 radical (unpaired) electrons. The summed E-state index contributed by atoms with van der Waals surface area (Å²) in [5.41, 5.74) is 6.39. The van der Waals surface area contributed by atoms with Gasteiger partial charge in [0.2, 0.25) is 5.91 Å². The predicted octanol–water partition coefficient (Wildman–Crippen LogP) is 6.56. The van der Waals surface area contributed by atoms with Crippen LogP contribution in [0.15, 0.2) is 41.8 Å². The molecular weight excluding hydrogens is 388 g/mol. The fourth-order valence-electron chi connectivity index (χ4n) is 3.15. The van der Waals surface area contributed by atoms with Gasteiger partial charge in [0.15, 0.2) is 5.13 Å². The molecule has 3 aromatic rings. The second-order valence-electron chi connectivity index (χ2n) is 8.08. The highest BCUT2D eigenvalue weighted by atomic mass is 35.5. The Morgan fingerprint density at radius 2 is 1.79 bits per heavy atom. The Labute approximate surface area is 175 Å². The maximum absolute atomic E-state index is 12.6. The lowest BCUT2D eigenvalue weighted by atomic mass is 9.83. The van der Waals surface area contributed by atoms with Crippen molar-refractivity contribution in [3.05, 3.63) is 69.1 Å². The van der Waals surface area contributed by atoms with Crippen LogP contribution in [-0.4, -0.2) is 10.9 Å². The summed E-state index contributed by atoms with van der Waals surface area (Å²) in [4.78, 5) is 17.1. The lowest BCUT2D eigenvalue weighted by molar-refractivity contribution is -0.115. The van der Waals surface area contributed by atoms with Crippen LogP contribution in [0.2, 0.25) is 5.02 Å². The number of hydrogen-bond acceptors (Lipinski definition) is 3. The Kier molecular flexibility index (Phi) is 5.92. The number of carbonyl (C=O) groups excluding carboxylic acids is 1. The second-order valence-corrected chi connectivity index (χ2v) is 9.35. The number of anilines is 1. The number of nitrogens with zero attached hydrogens (tertiary/aromatic N) is 1. The first-order valence-electron chi connectivity index (χ1n) is 9.26. The van der Waals surface area contributed by atoms with Crippen LogP contribution in [-0.2, 0) is 16.6 Å². The van der Waals surface area contributed by atoms with Crippen molar-refractivity contribution in [1.29, 1.82) is 0 Å². The fourth-order valence-corrected chi connectivity index (χ4v) is 4.11. The van der Waals surface area contributed by atoms with E-state index in [0.717, 1.165) is 27.9 Å². The van der Waals surface area contributed by atoms with Crippen molar-refractivity contribution < 1.29 is 4.79 Å². The van der Waals surface area contributed by atoms with Gasteiger partial charge in [-0.25, -0.2) is 4.98 Å². The summed E-state index contributed by atoms with van der Waals surface area (Å²) in [5.74, 6) is -0.0604. The highest BCUT2D eigenvalue weighted by Crippen LogP contribution is 2.31. The molecule has 3 rings (SSSR count). The van der Waals surface area contributed by atoms with E-state index < -0.39 is 0 Å². The molecule has 28 heavy (non-hydrogen) atoms. The Balaban J connectivity index is 1.74. The lowest BCUT2D eigenvalue weighted by Gasteiger charge is -2.22. The van der Waals surface area contributed by atoms with Crippen molar-refractivity contribution in [1.82, 2.24) is 4.98 Å². The first-order valence-corrected chi connectivity index (χ1v) is 10.5. The summed E-state index contributed by atoms with van der Waals surface area (Å²) in [6.07, 6.45) is 0.336. The molecule has 0 saturated heterocycles. The summed E-state index contributed by atoms with van der Waals surface area (Å²) in [7, 11) is 0. The number of benzene rings is 2. The number of amides is 1. The minimum atomic E-state index is -0.0604. The summed E-state index contributed by atoms with van der Waals surface area (Å²) in [6, 6.07) is 11.9. The molecule has 146 valence electrons. The number of aromatic nitrogens is 1. The Hall–Kier alpha value is -2.17. The number of aryl methyl sites for hydroxylation is 2. The standard InChI is InChI=1S/C23H25ClN2OS/c1-14-10-16(23(3,4)5)11-15(2)18(14)12-21(27)26-22-25-20(13-28-22)17-8-6-7-9-19(17)24/h6-11,13H,12H2,1-5H3,(H,25,26,27). The fraction of sp³-hybridized carbons (Fsp3) is 0.304. The van der Waals surface area contributed by atoms with Crippen molar-refractivity contribution in [2.45, 2.75) is 46.5 Å². The Bertz CT molecular complexity index is 994. The topological polar surface area (TPSA) is 42.0 Å². The van der Waals surface area contributed by atoms with E-state index in [2.05, 4.69) is 57.1 Å². The van der Waals surface area contributed by atoms with Crippen molar-refractivity contribution in [2.24, 2.45) is 0 Å². The van der Waals surface area contributed by atoms with Crippen molar-refractivity contribution in [2.75, 3.05) is 5.32 Å². The Morgan fingerprint density at radius 1 is 1.14 bits per heavy atom. The molecule has 3 nitrogen and oxygen atoms in total. The van der Waals surface area contributed by atoms with Crippen LogP contribution in [0.4, 0.5) is 5.13 Å². The highest BCUT2D eigenvalue weighted by molar-refractivity contribution is 7.14. The van der Waals surface area contributed by atoms with E-state index >= 15 is 0 Å². The van der Waals surface area contributed by atoms with Crippen molar-refractivity contribution >= 4 is 34.0 Å². The monoisotopic (exact) mass is 412 g/mol. The molecule has 0 saturated carbocycles. The van der Waals surface area contributed by atoms with Crippen LogP contribution in [0.25, 0.3) is 11.3 Å². The van der Waals surface area contributed by atoms with Gasteiger partial charge in [0.05, 0.1) is 12.1 Å². The van der Waals surface area contributed by atoms with E-state index in [9.17, 15) is 4.79 Å². The van der Waals surface area contributed by atoms with Crippen LogP contribution in [0.5, 0.6) is 0 Å². The molecule has 1 amide bonds. The molecule has 0 fully saturated rings. The second kappa shape index (κ2) is 8.06. The number of carbonyl (C=O) groups is 1. The third kappa shape index (κ3) is 4.62. The molecule has 0 aliphatic heterocycles. The third-order valence-corrected chi connectivity index (χ3v) is 5.89. The van der Waals surface area contributed by atoms with Crippen molar-refractivity contribution in [3.63, 3.8) is 0 Å². The van der Waals surface area contributed by atoms with E-state index in [0.29, 0.717) is 16.6 Å². The summed E-state index contributed by atoms with van der Waals surface area (Å²) < 4.78 is 0. The highest BCUT2D eigenvalue weighted by Gasteiger charge is 2.18. The van der Waals surface area contributed by atoms with Gasteiger partial charge in [-0.3, -0.25) is 4.79 Å². The molecule has 0 atom stereocenters. The average Bonchev–Trinajstić information content (AvgIpc) is 3.05. The van der Waals surface area contributed by atoms with Crippen LogP contribution in [0.1, 0.15) is 43.0 Å². The number of halogens is 1. The SMILES string of the molecule is Cc1cc(C(C)(C)C)cc(C)c1CC(=O)Nc1nc(-c2ccccc2Cl)cs1. The maximum Gasteiger partial charge on any atom is 0.230 e. The molecule has 0 bridgehead atoms. The minimum Gasteiger partial charge on any atom is -0.302 e. The quantitative estimate of drug-likeness (QED) is 0.527. The summed E-state index contributed by atoms with van der Waals surface area (Å²) in [6.45, 7) is 10.7. The van der Waals surface area contributed by atoms with Crippen LogP contribution in [0, 0.1) is 13.8 Å². The number of thiazole rings is 1. The smallest absolute Gasteiger partial charge is 0.230 e. The van der Waals surface area contributed by atoms with Gasteiger partial charge in [0.25, 0.3) is 0 Å². The maximum atomic E-state index is 12.6. The normalized spacial score (nSPS) is 11.5. The van der Waals surface area contributed by atoms with Crippen LogP contribution in [0.3, 0.4) is 0 Å². The zero-order valence-electron chi connectivity index (χ0n) is 16.9. The number of hydrogen-bond donors (Lipinski definition) is 1. The molecule has 0 unspecified atom stereocenters. The number of nitrogens with one attached hydrogen (secondary N) is 1. The summed E-state index contributed by atoms with van der Waals surface area (Å²) in [5, 5.41) is 6.07. The van der Waals surface area contributed by atoms with Crippen LogP contribution >= 0.6 is 22.9 Å². The molecule has 2 aromatic carbocycles. The van der Waals surface area contributed by atoms with Gasteiger partial charge in [0.1, 0.15) is 0 Å². The van der Waals surface area contributed by atoms with Crippen molar-refractivity contribution in [3.8, 4) is 11.3 Å². The zero-order chi connectivity index (χ0) is 20.5. The predicted molar refractivity (Wildman–Crippen MR) is 120 cm³/mol. The largest absolute Gasteiger partial charge is 0.302 e. The van der Waals surface area contributed by atoms with E-state index in [1.54, 1.807) is 0 Å². The average molecular weight is 413 g/mol. The molecule has 1 N–H and O–H groups in total. The minimum absolute atomic E-state index is 0.0604. The molecule has 5 heteroatoms. The van der Waals surface area contributed by atoms with E-state index in [1.807, 2.05) is 29.6 Å². The van der Waals surface area contributed by atoms with Gasteiger partial charge < -0.3 is 5.32 Å². The summed E-state index contributed by atoms with van der Waals surface area (Å²) >= 11 is 7.64. The van der Waals surface area contributed by atoms with Gasteiger partial charge in [-0.15, -0.1) is 11.3 Å². The molecule has 0 spiro atoms. The molecule has 1 heterocycles. The van der Waals surface area contributed by atoms with Gasteiger partial charge in [-0.1, -0.05) is 62.7 Å². The first-order chi connectivity index (χ1) is 13.1. The van der Waals surface area contributed by atoms with Gasteiger partial charge >= 0.3 is 0 Å². The lowest BCUT2D eigenvalue weighted by Crippen LogP contribution is -2.17. The zero-order valence-corrected chi connectivity index (χ0v) is 18.5. The Morgan fingerprint density at radius 3 is 2.39 bits per heavy atom. The van der Waals surface area contributed by atoms with Gasteiger partial charge in [-0.05, 0) is 47.6 Å². The first kappa shape index (κ1) is 20.6. The molecule has 1 aromatic heterocycles. The molecule has 0 aliphatic rings. The molecule has 0 aliphatic carbocycles. The van der Waals surface area contributed by atoms with E-state index in [4.69, 9.17) is 11.6 Å². The van der Waals surface area contributed by atoms with Gasteiger partial charge in [0, 0.05) is 16.0 Å². The van der Waals surface area contributed by atoms with E-state index in [1.165, 1.54) is 16.9 Å². The van der Waals surface area contributed by atoms with Crippen LogP contribution < -0.4 is 5.32 Å². The van der Waals surface area contributed by atoms with Gasteiger partial charge in [-0.2, -0.15) is 0 Å². The molecular formula is C23H25ClN2OS. The third-order valence-electron chi connectivity index (χ3n) is 4.80.